The number of hydrogen-bond donors (Lipinski definition) is 0. The van der Waals surface area contributed by atoms with Crippen molar-refractivity contribution in [3.63, 3.8) is 0 Å². The van der Waals surface area contributed by atoms with Gasteiger partial charge in [-0.2, -0.15) is 5.26 Å². The largest absolute Gasteiger partial charge is 0.338 e. The van der Waals surface area contributed by atoms with Crippen molar-refractivity contribution in [1.29, 1.82) is 5.26 Å². The molecule has 0 spiro atoms. The molecule has 0 radical (unpaired) electrons. The first-order valence-corrected chi connectivity index (χ1v) is 6.01. The Morgan fingerprint density at radius 3 is 2.65 bits per heavy atom. The average molecular weight is 228 g/mol. The first-order valence-electron chi connectivity index (χ1n) is 6.01. The summed E-state index contributed by atoms with van der Waals surface area (Å²) < 4.78 is 0. The third-order valence-electron chi connectivity index (χ3n) is 2.97. The van der Waals surface area contributed by atoms with Crippen LogP contribution in [0.15, 0.2) is 30.3 Å². The average Bonchev–Trinajstić information content (AvgIpc) is 3.15. The molecule has 0 bridgehead atoms. The lowest BCUT2D eigenvalue weighted by Gasteiger charge is -2.21. The molecule has 0 saturated heterocycles. The number of benzene rings is 1. The van der Waals surface area contributed by atoms with Crippen molar-refractivity contribution in [3.05, 3.63) is 35.9 Å². The van der Waals surface area contributed by atoms with Gasteiger partial charge in [-0.15, -0.1) is 0 Å². The Kier molecular flexibility index (Phi) is 3.77. The standard InChI is InChI=1S/C14H16N2O/c15-9-4-10-16(13-7-8-13)14(17)11-12-5-2-1-3-6-12/h1-3,5-6,13H,4,7-8,10-11H2. The van der Waals surface area contributed by atoms with Gasteiger partial charge in [-0.1, -0.05) is 30.3 Å². The van der Waals surface area contributed by atoms with E-state index in [0.717, 1.165) is 18.4 Å². The molecule has 3 nitrogen and oxygen atoms in total. The van der Waals surface area contributed by atoms with E-state index in [1.165, 1.54) is 0 Å². The maximum atomic E-state index is 12.1. The second kappa shape index (κ2) is 5.49. The normalized spacial score (nSPS) is 14.1. The maximum absolute atomic E-state index is 12.1. The van der Waals surface area contributed by atoms with Crippen LogP contribution in [0.5, 0.6) is 0 Å². The predicted molar refractivity (Wildman–Crippen MR) is 65.1 cm³/mol. The molecule has 0 atom stereocenters. The lowest BCUT2D eigenvalue weighted by molar-refractivity contribution is -0.131. The minimum Gasteiger partial charge on any atom is -0.338 e. The van der Waals surface area contributed by atoms with Crippen LogP contribution in [0.2, 0.25) is 0 Å². The minimum absolute atomic E-state index is 0.147. The number of nitrogens with zero attached hydrogens (tertiary/aromatic N) is 2. The van der Waals surface area contributed by atoms with Crippen LogP contribution < -0.4 is 0 Å². The Balaban J connectivity index is 1.95. The molecule has 1 aliphatic carbocycles. The highest BCUT2D eigenvalue weighted by Gasteiger charge is 2.31. The van der Waals surface area contributed by atoms with Crippen molar-refractivity contribution < 1.29 is 4.79 Å². The monoisotopic (exact) mass is 228 g/mol. The molecule has 1 aromatic rings. The fraction of sp³-hybridized carbons (Fsp3) is 0.429. The third-order valence-corrected chi connectivity index (χ3v) is 2.97. The number of carbonyl (C=O) groups excluding carboxylic acids is 1. The van der Waals surface area contributed by atoms with Gasteiger partial charge in [-0.25, -0.2) is 0 Å². The minimum atomic E-state index is 0.147. The summed E-state index contributed by atoms with van der Waals surface area (Å²) in [6.45, 7) is 0.576. The number of carbonyl (C=O) groups is 1. The molecule has 17 heavy (non-hydrogen) atoms. The fourth-order valence-corrected chi connectivity index (χ4v) is 1.94. The molecular weight excluding hydrogens is 212 g/mol. The zero-order chi connectivity index (χ0) is 12.1. The van der Waals surface area contributed by atoms with Gasteiger partial charge >= 0.3 is 0 Å². The lowest BCUT2D eigenvalue weighted by Crippen LogP contribution is -2.35. The number of hydrogen-bond acceptors (Lipinski definition) is 2. The molecule has 3 heteroatoms. The summed E-state index contributed by atoms with van der Waals surface area (Å²) in [4.78, 5) is 14.0. The van der Waals surface area contributed by atoms with Gasteiger partial charge in [0, 0.05) is 12.6 Å². The van der Waals surface area contributed by atoms with Gasteiger partial charge in [0.15, 0.2) is 0 Å². The van der Waals surface area contributed by atoms with Crippen LogP contribution in [-0.4, -0.2) is 23.4 Å². The van der Waals surface area contributed by atoms with Crippen LogP contribution in [-0.2, 0) is 11.2 Å². The lowest BCUT2D eigenvalue weighted by atomic mass is 10.1. The predicted octanol–water partition coefficient (Wildman–Crippen LogP) is 2.13. The highest BCUT2D eigenvalue weighted by atomic mass is 16.2. The van der Waals surface area contributed by atoms with Crippen LogP contribution >= 0.6 is 0 Å². The molecule has 0 heterocycles. The summed E-state index contributed by atoms with van der Waals surface area (Å²) in [5.74, 6) is 0.147. The quantitative estimate of drug-likeness (QED) is 0.775. The van der Waals surface area contributed by atoms with Crippen LogP contribution in [0.25, 0.3) is 0 Å². The van der Waals surface area contributed by atoms with E-state index < -0.39 is 0 Å². The fourth-order valence-electron chi connectivity index (χ4n) is 1.94. The van der Waals surface area contributed by atoms with Gasteiger partial charge in [0.1, 0.15) is 0 Å². The molecule has 0 aromatic heterocycles. The molecule has 88 valence electrons. The zero-order valence-corrected chi connectivity index (χ0v) is 9.80. The summed E-state index contributed by atoms with van der Waals surface area (Å²) in [5, 5.41) is 8.60. The second-order valence-corrected chi connectivity index (χ2v) is 4.39. The molecule has 2 rings (SSSR count). The SMILES string of the molecule is N#CCCN(C(=O)Cc1ccccc1)C1CC1. The van der Waals surface area contributed by atoms with Crippen molar-refractivity contribution >= 4 is 5.91 Å². The number of nitriles is 1. The second-order valence-electron chi connectivity index (χ2n) is 4.39. The van der Waals surface area contributed by atoms with Crippen LogP contribution in [0.4, 0.5) is 0 Å². The van der Waals surface area contributed by atoms with E-state index in [2.05, 4.69) is 6.07 Å². The summed E-state index contributed by atoms with van der Waals surface area (Å²) in [6.07, 6.45) is 3.05. The van der Waals surface area contributed by atoms with Crippen molar-refractivity contribution in [3.8, 4) is 6.07 Å². The van der Waals surface area contributed by atoms with E-state index in [4.69, 9.17) is 5.26 Å². The molecule has 0 unspecified atom stereocenters. The van der Waals surface area contributed by atoms with E-state index in [1.807, 2.05) is 35.2 Å². The zero-order valence-electron chi connectivity index (χ0n) is 9.80. The Bertz CT molecular complexity index is 418. The number of amides is 1. The first kappa shape index (κ1) is 11.7. The molecule has 0 aliphatic heterocycles. The van der Waals surface area contributed by atoms with Gasteiger partial charge in [0.2, 0.25) is 5.91 Å². The molecule has 1 saturated carbocycles. The van der Waals surface area contributed by atoms with Crippen molar-refractivity contribution in [1.82, 2.24) is 4.90 Å². The maximum Gasteiger partial charge on any atom is 0.227 e. The van der Waals surface area contributed by atoms with Crippen LogP contribution in [0.1, 0.15) is 24.8 Å². The first-order chi connectivity index (χ1) is 8.31. The van der Waals surface area contributed by atoms with Gasteiger partial charge in [0.05, 0.1) is 18.9 Å². The third kappa shape index (κ3) is 3.32. The van der Waals surface area contributed by atoms with Gasteiger partial charge < -0.3 is 4.90 Å². The van der Waals surface area contributed by atoms with E-state index in [9.17, 15) is 4.79 Å². The summed E-state index contributed by atoms with van der Waals surface area (Å²) in [6, 6.07) is 12.3. The van der Waals surface area contributed by atoms with E-state index >= 15 is 0 Å². The smallest absolute Gasteiger partial charge is 0.227 e. The summed E-state index contributed by atoms with van der Waals surface area (Å²) >= 11 is 0. The molecule has 1 amide bonds. The van der Waals surface area contributed by atoms with E-state index in [-0.39, 0.29) is 5.91 Å². The Labute approximate surface area is 102 Å². The highest BCUT2D eigenvalue weighted by Crippen LogP contribution is 2.27. The molecule has 0 N–H and O–H groups in total. The van der Waals surface area contributed by atoms with Crippen molar-refractivity contribution in [2.75, 3.05) is 6.54 Å². The van der Waals surface area contributed by atoms with E-state index in [0.29, 0.717) is 25.4 Å². The van der Waals surface area contributed by atoms with Crippen molar-refractivity contribution in [2.45, 2.75) is 31.7 Å². The Morgan fingerprint density at radius 1 is 1.35 bits per heavy atom. The summed E-state index contributed by atoms with van der Waals surface area (Å²) in [7, 11) is 0. The molecular formula is C14H16N2O. The van der Waals surface area contributed by atoms with Crippen LogP contribution in [0, 0.1) is 11.3 Å². The Morgan fingerprint density at radius 2 is 2.06 bits per heavy atom. The molecule has 1 fully saturated rings. The topological polar surface area (TPSA) is 44.1 Å². The van der Waals surface area contributed by atoms with Gasteiger partial charge in [-0.05, 0) is 18.4 Å². The van der Waals surface area contributed by atoms with Crippen molar-refractivity contribution in [2.24, 2.45) is 0 Å². The molecule has 1 aromatic carbocycles. The van der Waals surface area contributed by atoms with E-state index in [1.54, 1.807) is 0 Å². The highest BCUT2D eigenvalue weighted by molar-refractivity contribution is 5.79. The van der Waals surface area contributed by atoms with Gasteiger partial charge in [0.25, 0.3) is 0 Å². The summed E-state index contributed by atoms with van der Waals surface area (Å²) in [5.41, 5.74) is 1.04. The van der Waals surface area contributed by atoms with Crippen LogP contribution in [0.3, 0.4) is 0 Å². The Hall–Kier alpha value is -1.82. The number of rotatable bonds is 5. The van der Waals surface area contributed by atoms with Gasteiger partial charge in [-0.3, -0.25) is 4.79 Å². The molecule has 1 aliphatic rings.